The Morgan fingerprint density at radius 1 is 0.781 bits per heavy atom. The van der Waals surface area contributed by atoms with Gasteiger partial charge in [0.1, 0.15) is 5.75 Å². The minimum Gasteiger partial charge on any atom is -0.493 e. The third kappa shape index (κ3) is 15.3. The highest BCUT2D eigenvalue weighted by atomic mass is 16.5. The Morgan fingerprint density at radius 3 is 1.97 bits per heavy atom. The van der Waals surface area contributed by atoms with E-state index in [9.17, 15) is 4.79 Å². The maximum absolute atomic E-state index is 11.7. The molecule has 0 N–H and O–H groups in total. The van der Waals surface area contributed by atoms with Gasteiger partial charge in [0.05, 0.1) is 19.1 Å². The number of hydrogen-bond acceptors (Lipinski definition) is 3. The Balaban J connectivity index is 2.00. The van der Waals surface area contributed by atoms with E-state index in [0.29, 0.717) is 13.2 Å². The van der Waals surface area contributed by atoms with E-state index in [4.69, 9.17) is 9.47 Å². The minimum absolute atomic E-state index is 0.0160. The Labute approximate surface area is 198 Å². The molecule has 0 saturated carbocycles. The van der Waals surface area contributed by atoms with Gasteiger partial charge in [-0.2, -0.15) is 0 Å². The molecule has 3 heteroatoms. The molecule has 0 aliphatic carbocycles. The van der Waals surface area contributed by atoms with Crippen molar-refractivity contribution in [1.29, 1.82) is 0 Å². The molecule has 0 aromatic heterocycles. The number of rotatable bonds is 21. The largest absolute Gasteiger partial charge is 0.493 e. The molecule has 0 aliphatic heterocycles. The number of ether oxygens (including phenoxy) is 2. The van der Waals surface area contributed by atoms with Gasteiger partial charge in [-0.1, -0.05) is 110 Å². The average Bonchev–Trinajstić information content (AvgIpc) is 2.81. The van der Waals surface area contributed by atoms with Crippen LogP contribution in [0.4, 0.5) is 0 Å². The molecule has 1 aromatic carbocycles. The van der Waals surface area contributed by atoms with E-state index in [0.717, 1.165) is 25.0 Å². The smallest absolute Gasteiger partial charge is 0.308 e. The molecular formula is C29H50O3. The van der Waals surface area contributed by atoms with E-state index in [1.54, 1.807) is 0 Å². The highest BCUT2D eigenvalue weighted by Crippen LogP contribution is 2.17. The molecule has 0 saturated heterocycles. The van der Waals surface area contributed by atoms with E-state index in [-0.39, 0.29) is 11.9 Å². The van der Waals surface area contributed by atoms with E-state index >= 15 is 0 Å². The van der Waals surface area contributed by atoms with Gasteiger partial charge < -0.3 is 9.47 Å². The molecule has 3 nitrogen and oxygen atoms in total. The molecule has 0 amide bonds. The van der Waals surface area contributed by atoms with Crippen LogP contribution in [-0.4, -0.2) is 19.2 Å². The van der Waals surface area contributed by atoms with Crippen molar-refractivity contribution in [2.45, 2.75) is 124 Å². The molecule has 1 atom stereocenters. The van der Waals surface area contributed by atoms with Crippen LogP contribution in [0.25, 0.3) is 0 Å². The van der Waals surface area contributed by atoms with Crippen LogP contribution in [0, 0.1) is 5.92 Å². The fraction of sp³-hybridized carbons (Fsp3) is 0.759. The number of esters is 1. The van der Waals surface area contributed by atoms with Crippen molar-refractivity contribution in [2.75, 3.05) is 13.2 Å². The molecule has 0 heterocycles. The van der Waals surface area contributed by atoms with E-state index in [1.807, 2.05) is 19.9 Å². The van der Waals surface area contributed by atoms with Gasteiger partial charge in [-0.05, 0) is 37.0 Å². The monoisotopic (exact) mass is 446 g/mol. The summed E-state index contributed by atoms with van der Waals surface area (Å²) in [7, 11) is 0. The standard InChI is InChI=1S/C29H50O3/c1-4-6-7-8-9-10-11-12-13-14-15-16-17-20-27-21-18-22-28(25-27)31-23-19-24-32-29(30)26(3)5-2/h18,21-22,25-26H,4-17,19-20,23-24H2,1-3H3. The minimum atomic E-state index is -0.104. The molecule has 0 spiro atoms. The Bertz CT molecular complexity index is 569. The lowest BCUT2D eigenvalue weighted by molar-refractivity contribution is -0.148. The summed E-state index contributed by atoms with van der Waals surface area (Å²) in [5, 5.41) is 0. The van der Waals surface area contributed by atoms with E-state index < -0.39 is 0 Å². The number of carbonyl (C=O) groups is 1. The number of aryl methyl sites for hydroxylation is 1. The highest BCUT2D eigenvalue weighted by Gasteiger charge is 2.11. The second-order valence-corrected chi connectivity index (χ2v) is 9.32. The first-order valence-corrected chi connectivity index (χ1v) is 13.6. The molecule has 1 unspecified atom stereocenters. The Kier molecular flexibility index (Phi) is 17.9. The van der Waals surface area contributed by atoms with Crippen molar-refractivity contribution >= 4 is 5.97 Å². The lowest BCUT2D eigenvalue weighted by Crippen LogP contribution is -2.15. The summed E-state index contributed by atoms with van der Waals surface area (Å²) in [6.45, 7) is 7.20. The topological polar surface area (TPSA) is 35.5 Å². The zero-order valence-corrected chi connectivity index (χ0v) is 21.3. The summed E-state index contributed by atoms with van der Waals surface area (Å²) in [6.07, 6.45) is 20.8. The zero-order valence-electron chi connectivity index (χ0n) is 21.3. The summed E-state index contributed by atoms with van der Waals surface area (Å²) in [5.74, 6) is 0.801. The van der Waals surface area contributed by atoms with E-state index in [1.165, 1.54) is 89.0 Å². The number of unbranched alkanes of at least 4 members (excludes halogenated alkanes) is 12. The van der Waals surface area contributed by atoms with Crippen LogP contribution in [0.1, 0.15) is 123 Å². The van der Waals surface area contributed by atoms with Crippen molar-refractivity contribution in [3.63, 3.8) is 0 Å². The van der Waals surface area contributed by atoms with Crippen molar-refractivity contribution < 1.29 is 14.3 Å². The quantitative estimate of drug-likeness (QED) is 0.140. The summed E-state index contributed by atoms with van der Waals surface area (Å²) in [4.78, 5) is 11.7. The predicted octanol–water partition coefficient (Wildman–Crippen LogP) is 8.68. The van der Waals surface area contributed by atoms with Gasteiger partial charge in [-0.3, -0.25) is 4.79 Å². The number of carbonyl (C=O) groups excluding carboxylic acids is 1. The van der Waals surface area contributed by atoms with Gasteiger partial charge >= 0.3 is 5.97 Å². The third-order valence-electron chi connectivity index (χ3n) is 6.28. The van der Waals surface area contributed by atoms with E-state index in [2.05, 4.69) is 25.1 Å². The van der Waals surface area contributed by atoms with Crippen LogP contribution in [-0.2, 0) is 16.0 Å². The van der Waals surface area contributed by atoms with Crippen molar-refractivity contribution in [1.82, 2.24) is 0 Å². The second kappa shape index (κ2) is 20.1. The molecule has 184 valence electrons. The lowest BCUT2D eigenvalue weighted by atomic mass is 10.0. The fourth-order valence-corrected chi connectivity index (χ4v) is 3.87. The third-order valence-corrected chi connectivity index (χ3v) is 6.28. The SMILES string of the molecule is CCCCCCCCCCCCCCCc1cccc(OCCCOC(=O)C(C)CC)c1. The Morgan fingerprint density at radius 2 is 1.38 bits per heavy atom. The Hall–Kier alpha value is -1.51. The summed E-state index contributed by atoms with van der Waals surface area (Å²) >= 11 is 0. The first-order chi connectivity index (χ1) is 15.7. The maximum atomic E-state index is 11.7. The molecule has 0 radical (unpaired) electrons. The van der Waals surface area contributed by atoms with Gasteiger partial charge in [-0.15, -0.1) is 0 Å². The average molecular weight is 447 g/mol. The van der Waals surface area contributed by atoms with Crippen LogP contribution in [0.2, 0.25) is 0 Å². The zero-order chi connectivity index (χ0) is 23.3. The summed E-state index contributed by atoms with van der Waals surface area (Å²) in [6, 6.07) is 8.45. The number of hydrogen-bond donors (Lipinski definition) is 0. The lowest BCUT2D eigenvalue weighted by Gasteiger charge is -2.10. The molecular weight excluding hydrogens is 396 g/mol. The summed E-state index contributed by atoms with van der Waals surface area (Å²) in [5.41, 5.74) is 1.36. The summed E-state index contributed by atoms with van der Waals surface area (Å²) < 4.78 is 11.1. The first kappa shape index (κ1) is 28.5. The van der Waals surface area contributed by atoms with Gasteiger partial charge in [0.25, 0.3) is 0 Å². The van der Waals surface area contributed by atoms with Crippen molar-refractivity contribution in [3.8, 4) is 5.75 Å². The molecule has 0 fully saturated rings. The highest BCUT2D eigenvalue weighted by molar-refractivity contribution is 5.71. The molecule has 1 aromatic rings. The fourth-order valence-electron chi connectivity index (χ4n) is 3.87. The van der Waals surface area contributed by atoms with Gasteiger partial charge in [0.15, 0.2) is 0 Å². The van der Waals surface area contributed by atoms with Crippen molar-refractivity contribution in [2.24, 2.45) is 5.92 Å². The van der Waals surface area contributed by atoms with Gasteiger partial charge in [0.2, 0.25) is 0 Å². The van der Waals surface area contributed by atoms with Crippen LogP contribution < -0.4 is 4.74 Å². The normalized spacial score (nSPS) is 12.0. The van der Waals surface area contributed by atoms with Crippen LogP contribution >= 0.6 is 0 Å². The maximum Gasteiger partial charge on any atom is 0.308 e. The second-order valence-electron chi connectivity index (χ2n) is 9.32. The van der Waals surface area contributed by atoms with Crippen LogP contribution in [0.5, 0.6) is 5.75 Å². The predicted molar refractivity (Wildman–Crippen MR) is 136 cm³/mol. The first-order valence-electron chi connectivity index (χ1n) is 13.6. The van der Waals surface area contributed by atoms with Crippen molar-refractivity contribution in [3.05, 3.63) is 29.8 Å². The molecule has 1 rings (SSSR count). The van der Waals surface area contributed by atoms with Crippen LogP contribution in [0.3, 0.4) is 0 Å². The van der Waals surface area contributed by atoms with Gasteiger partial charge in [-0.25, -0.2) is 0 Å². The van der Waals surface area contributed by atoms with Crippen LogP contribution in [0.15, 0.2) is 24.3 Å². The number of benzene rings is 1. The molecule has 0 aliphatic rings. The molecule has 32 heavy (non-hydrogen) atoms. The molecule has 0 bridgehead atoms. The van der Waals surface area contributed by atoms with Gasteiger partial charge in [0, 0.05) is 6.42 Å².